The lowest BCUT2D eigenvalue weighted by Gasteiger charge is -2.38. The lowest BCUT2D eigenvalue weighted by molar-refractivity contribution is -0.939. The van der Waals surface area contributed by atoms with Gasteiger partial charge in [-0.2, -0.15) is 0 Å². The van der Waals surface area contributed by atoms with Gasteiger partial charge in [0.2, 0.25) is 0 Å². The Kier molecular flexibility index (Phi) is 7.33. The van der Waals surface area contributed by atoms with E-state index in [4.69, 9.17) is 4.74 Å². The summed E-state index contributed by atoms with van der Waals surface area (Å²) in [7, 11) is 0. The van der Waals surface area contributed by atoms with E-state index >= 15 is 0 Å². The number of esters is 1. The van der Waals surface area contributed by atoms with Gasteiger partial charge >= 0.3 is 5.97 Å². The summed E-state index contributed by atoms with van der Waals surface area (Å²) in [6.45, 7) is 16.6. The molecule has 0 N–H and O–H groups in total. The maximum absolute atomic E-state index is 11.3. The first kappa shape index (κ1) is 18.4. The number of nitrogens with zero attached hydrogens (tertiary/aromatic N) is 1. The SMILES string of the molecule is C=CC(=O)OCC[N+](CC)(CCC)Cc1cc(C)ccc1C. The molecule has 0 bridgehead atoms. The van der Waals surface area contributed by atoms with Gasteiger partial charge in [0.05, 0.1) is 13.1 Å². The summed E-state index contributed by atoms with van der Waals surface area (Å²) in [5.41, 5.74) is 4.02. The van der Waals surface area contributed by atoms with Crippen LogP contribution in [-0.4, -0.2) is 36.7 Å². The second-order valence-electron chi connectivity index (χ2n) is 6.06. The first-order chi connectivity index (χ1) is 10.5. The molecule has 0 spiro atoms. The molecule has 0 saturated carbocycles. The molecule has 22 heavy (non-hydrogen) atoms. The second kappa shape index (κ2) is 8.74. The number of hydrogen-bond acceptors (Lipinski definition) is 2. The van der Waals surface area contributed by atoms with Crippen LogP contribution in [0.15, 0.2) is 30.9 Å². The molecule has 3 heteroatoms. The molecule has 0 aliphatic rings. The van der Waals surface area contributed by atoms with E-state index in [0.717, 1.165) is 37.1 Å². The third-order valence-corrected chi connectivity index (χ3v) is 4.36. The lowest BCUT2D eigenvalue weighted by atomic mass is 10.0. The van der Waals surface area contributed by atoms with Crippen LogP contribution in [0.25, 0.3) is 0 Å². The minimum Gasteiger partial charge on any atom is -0.457 e. The van der Waals surface area contributed by atoms with Crippen LogP contribution in [-0.2, 0) is 16.1 Å². The normalized spacial score (nSPS) is 13.5. The predicted octanol–water partition coefficient (Wildman–Crippen LogP) is 3.78. The zero-order valence-corrected chi connectivity index (χ0v) is 14.5. The molecule has 0 radical (unpaired) electrons. The predicted molar refractivity (Wildman–Crippen MR) is 91.6 cm³/mol. The molecule has 122 valence electrons. The molecule has 0 heterocycles. The van der Waals surface area contributed by atoms with E-state index in [1.807, 2.05) is 0 Å². The highest BCUT2D eigenvalue weighted by molar-refractivity contribution is 5.81. The smallest absolute Gasteiger partial charge is 0.330 e. The molecule has 0 aliphatic heterocycles. The van der Waals surface area contributed by atoms with Crippen LogP contribution < -0.4 is 0 Å². The first-order valence-corrected chi connectivity index (χ1v) is 8.16. The van der Waals surface area contributed by atoms with Gasteiger partial charge in [0.1, 0.15) is 19.7 Å². The van der Waals surface area contributed by atoms with E-state index in [1.54, 1.807) is 0 Å². The Hall–Kier alpha value is -1.61. The van der Waals surface area contributed by atoms with Crippen molar-refractivity contribution < 1.29 is 14.0 Å². The fourth-order valence-electron chi connectivity index (χ4n) is 2.90. The van der Waals surface area contributed by atoms with Crippen molar-refractivity contribution in [3.05, 3.63) is 47.5 Å². The van der Waals surface area contributed by atoms with E-state index in [-0.39, 0.29) is 5.97 Å². The Morgan fingerprint density at radius 1 is 1.27 bits per heavy atom. The zero-order valence-electron chi connectivity index (χ0n) is 14.5. The van der Waals surface area contributed by atoms with Crippen LogP contribution >= 0.6 is 0 Å². The van der Waals surface area contributed by atoms with Crippen LogP contribution in [0.4, 0.5) is 0 Å². The standard InChI is InChI=1S/C19H30NO2/c1-6-11-20(8-3,12-13-22-19(21)7-2)15-18-14-16(4)9-10-17(18)5/h7,9-10,14H,2,6,8,11-13,15H2,1,3-5H3/q+1. The molecular formula is C19H30NO2+. The zero-order chi connectivity index (χ0) is 16.6. The number of hydrogen-bond donors (Lipinski definition) is 0. The Bertz CT molecular complexity index is 510. The summed E-state index contributed by atoms with van der Waals surface area (Å²) in [6, 6.07) is 6.63. The van der Waals surface area contributed by atoms with Crippen molar-refractivity contribution in [3.63, 3.8) is 0 Å². The van der Waals surface area contributed by atoms with Gasteiger partial charge in [0.15, 0.2) is 0 Å². The van der Waals surface area contributed by atoms with Crippen molar-refractivity contribution in [1.29, 1.82) is 0 Å². The van der Waals surface area contributed by atoms with E-state index in [1.165, 1.54) is 22.8 Å². The molecule has 1 unspecified atom stereocenters. The number of carbonyl (C=O) groups excluding carboxylic acids is 1. The maximum Gasteiger partial charge on any atom is 0.330 e. The van der Waals surface area contributed by atoms with Gasteiger partial charge in [-0.15, -0.1) is 0 Å². The third-order valence-electron chi connectivity index (χ3n) is 4.36. The van der Waals surface area contributed by atoms with Gasteiger partial charge in [-0.1, -0.05) is 37.3 Å². The Labute approximate surface area is 135 Å². The molecule has 1 aromatic rings. The number of benzene rings is 1. The van der Waals surface area contributed by atoms with Crippen molar-refractivity contribution in [2.75, 3.05) is 26.2 Å². The summed E-state index contributed by atoms with van der Waals surface area (Å²) in [4.78, 5) is 11.3. The Morgan fingerprint density at radius 2 is 2.00 bits per heavy atom. The van der Waals surface area contributed by atoms with Crippen molar-refractivity contribution in [1.82, 2.24) is 0 Å². The van der Waals surface area contributed by atoms with E-state index in [2.05, 4.69) is 52.5 Å². The number of aryl methyl sites for hydroxylation is 2. The topological polar surface area (TPSA) is 26.3 Å². The average molecular weight is 304 g/mol. The number of carbonyl (C=O) groups is 1. The van der Waals surface area contributed by atoms with Gasteiger partial charge in [-0.25, -0.2) is 4.79 Å². The van der Waals surface area contributed by atoms with Crippen LogP contribution in [0, 0.1) is 13.8 Å². The monoisotopic (exact) mass is 304 g/mol. The van der Waals surface area contributed by atoms with Crippen LogP contribution in [0.2, 0.25) is 0 Å². The molecule has 1 atom stereocenters. The number of likely N-dealkylation sites (N-methyl/N-ethyl adjacent to an activating group) is 1. The minimum absolute atomic E-state index is 0.336. The van der Waals surface area contributed by atoms with Gasteiger partial charge < -0.3 is 9.22 Å². The molecule has 0 fully saturated rings. The van der Waals surface area contributed by atoms with Gasteiger partial charge in [-0.3, -0.25) is 0 Å². The van der Waals surface area contributed by atoms with Gasteiger partial charge in [0.25, 0.3) is 0 Å². The molecule has 1 aromatic carbocycles. The third kappa shape index (κ3) is 5.30. The molecule has 3 nitrogen and oxygen atoms in total. The van der Waals surface area contributed by atoms with Crippen LogP contribution in [0.5, 0.6) is 0 Å². The van der Waals surface area contributed by atoms with Crippen molar-refractivity contribution in [2.24, 2.45) is 0 Å². The molecule has 0 saturated heterocycles. The maximum atomic E-state index is 11.3. The van der Waals surface area contributed by atoms with Crippen molar-refractivity contribution >= 4 is 5.97 Å². The Balaban J connectivity index is 2.87. The quantitative estimate of drug-likeness (QED) is 0.394. The summed E-state index contributed by atoms with van der Waals surface area (Å²) in [5.74, 6) is -0.336. The van der Waals surface area contributed by atoms with E-state index in [0.29, 0.717) is 6.61 Å². The largest absolute Gasteiger partial charge is 0.457 e. The number of ether oxygens (including phenoxy) is 1. The van der Waals surface area contributed by atoms with Crippen molar-refractivity contribution in [3.8, 4) is 0 Å². The highest BCUT2D eigenvalue weighted by Gasteiger charge is 2.26. The first-order valence-electron chi connectivity index (χ1n) is 8.16. The van der Waals surface area contributed by atoms with Crippen LogP contribution in [0.3, 0.4) is 0 Å². The summed E-state index contributed by atoms with van der Waals surface area (Å²) < 4.78 is 6.16. The summed E-state index contributed by atoms with van der Waals surface area (Å²) in [6.07, 6.45) is 2.35. The number of rotatable bonds is 9. The molecule has 0 aromatic heterocycles. The fraction of sp³-hybridized carbons (Fsp3) is 0.526. The molecule has 1 rings (SSSR count). The lowest BCUT2D eigenvalue weighted by Crippen LogP contribution is -2.50. The summed E-state index contributed by atoms with van der Waals surface area (Å²) in [5, 5.41) is 0. The highest BCUT2D eigenvalue weighted by Crippen LogP contribution is 2.19. The highest BCUT2D eigenvalue weighted by atomic mass is 16.5. The van der Waals surface area contributed by atoms with Gasteiger partial charge in [-0.05, 0) is 32.8 Å². The molecule has 0 aliphatic carbocycles. The minimum atomic E-state index is -0.336. The number of quaternary nitrogens is 1. The summed E-state index contributed by atoms with van der Waals surface area (Å²) >= 11 is 0. The Morgan fingerprint density at radius 3 is 2.59 bits per heavy atom. The molecular weight excluding hydrogens is 274 g/mol. The van der Waals surface area contributed by atoms with Crippen molar-refractivity contribution in [2.45, 2.75) is 40.7 Å². The van der Waals surface area contributed by atoms with Gasteiger partial charge in [0, 0.05) is 11.6 Å². The fourth-order valence-corrected chi connectivity index (χ4v) is 2.90. The van der Waals surface area contributed by atoms with E-state index in [9.17, 15) is 4.79 Å². The van der Waals surface area contributed by atoms with E-state index < -0.39 is 0 Å². The second-order valence-corrected chi connectivity index (χ2v) is 6.06. The average Bonchev–Trinajstić information content (AvgIpc) is 2.50. The molecule has 0 amide bonds. The van der Waals surface area contributed by atoms with Crippen LogP contribution in [0.1, 0.15) is 37.0 Å².